The van der Waals surface area contributed by atoms with Crippen molar-refractivity contribution in [3.05, 3.63) is 58.0 Å². The largest absolute Gasteiger partial charge is 0.370 e. The fourth-order valence-corrected chi connectivity index (χ4v) is 4.74. The van der Waals surface area contributed by atoms with E-state index in [0.717, 1.165) is 70.7 Å². The van der Waals surface area contributed by atoms with Crippen molar-refractivity contribution >= 4 is 50.9 Å². The molecule has 32 heavy (non-hydrogen) atoms. The van der Waals surface area contributed by atoms with Gasteiger partial charge in [0.15, 0.2) is 4.77 Å². The number of halogens is 1. The maximum atomic E-state index is 11.9. The third-order valence-electron chi connectivity index (χ3n) is 5.75. The number of rotatable bonds is 7. The minimum absolute atomic E-state index is 0.264. The highest BCUT2D eigenvalue weighted by atomic mass is 79.9. The number of fused-ring (bicyclic) bond motifs is 1. The van der Waals surface area contributed by atoms with Gasteiger partial charge in [-0.25, -0.2) is 4.98 Å². The number of H-pyrrole nitrogens is 2. The van der Waals surface area contributed by atoms with E-state index in [4.69, 9.17) is 12.2 Å². The summed E-state index contributed by atoms with van der Waals surface area (Å²) in [5.41, 5.74) is 4.84. The van der Waals surface area contributed by atoms with Crippen LogP contribution in [0, 0.1) is 4.77 Å². The Morgan fingerprint density at radius 3 is 2.81 bits per heavy atom. The fraction of sp³-hybridized carbons (Fsp3) is 0.261. The Bertz CT molecular complexity index is 1320. The van der Waals surface area contributed by atoms with E-state index in [1.54, 1.807) is 6.33 Å². The van der Waals surface area contributed by atoms with E-state index < -0.39 is 0 Å². The Hall–Kier alpha value is -2.91. The maximum Gasteiger partial charge on any atom is 0.222 e. The first-order chi connectivity index (χ1) is 15.6. The molecule has 0 radical (unpaired) electrons. The van der Waals surface area contributed by atoms with Gasteiger partial charge in [-0.05, 0) is 55.4 Å². The van der Waals surface area contributed by atoms with Gasteiger partial charge in [-0.15, -0.1) is 0 Å². The Balaban J connectivity index is 1.47. The second kappa shape index (κ2) is 8.91. The lowest BCUT2D eigenvalue weighted by Crippen LogP contribution is -2.27. The first kappa shape index (κ1) is 21.0. The molecule has 2 aromatic heterocycles. The van der Waals surface area contributed by atoms with Gasteiger partial charge in [0, 0.05) is 36.1 Å². The lowest BCUT2D eigenvalue weighted by atomic mass is 10.1. The van der Waals surface area contributed by atoms with Crippen LogP contribution in [0.3, 0.4) is 0 Å². The molecule has 164 valence electrons. The fourth-order valence-electron chi connectivity index (χ4n) is 4.18. The quantitative estimate of drug-likeness (QED) is 0.233. The highest BCUT2D eigenvalue weighted by molar-refractivity contribution is 9.10. The molecule has 0 atom stereocenters. The second-order valence-corrected chi connectivity index (χ2v) is 9.17. The van der Waals surface area contributed by atoms with Gasteiger partial charge in [0.05, 0.1) is 28.7 Å². The Morgan fingerprint density at radius 2 is 2.03 bits per heavy atom. The standard InChI is InChI=1S/C23H23BrN6OS/c24-16-6-4-15(5-7-16)21-22(25-10-2-12-29-11-1-3-20(29)31)28-23(32)30(21)17-8-9-18-19(13-17)27-14-26-18/h4-9,13-14,25H,1-3,10-12H2,(H,26,27)(H,28,32). The van der Waals surface area contributed by atoms with Crippen molar-refractivity contribution in [2.75, 3.05) is 25.0 Å². The average Bonchev–Trinajstić information content (AvgIpc) is 3.50. The number of aromatic nitrogens is 4. The molecule has 0 spiro atoms. The number of imidazole rings is 2. The van der Waals surface area contributed by atoms with Gasteiger partial charge in [0.1, 0.15) is 5.82 Å². The molecule has 1 fully saturated rings. The number of benzene rings is 2. The third kappa shape index (κ3) is 4.10. The molecular formula is C23H23BrN6OS. The van der Waals surface area contributed by atoms with Gasteiger partial charge < -0.3 is 20.2 Å². The highest BCUT2D eigenvalue weighted by Crippen LogP contribution is 2.32. The van der Waals surface area contributed by atoms with E-state index in [0.29, 0.717) is 11.2 Å². The molecule has 2 aromatic carbocycles. The first-order valence-corrected chi connectivity index (χ1v) is 11.9. The average molecular weight is 511 g/mol. The van der Waals surface area contributed by atoms with Gasteiger partial charge in [-0.1, -0.05) is 28.1 Å². The van der Waals surface area contributed by atoms with Crippen LogP contribution in [-0.2, 0) is 4.79 Å². The van der Waals surface area contributed by atoms with Crippen molar-refractivity contribution in [2.45, 2.75) is 19.3 Å². The van der Waals surface area contributed by atoms with Crippen LogP contribution in [0.5, 0.6) is 0 Å². The lowest BCUT2D eigenvalue weighted by Gasteiger charge is -2.16. The summed E-state index contributed by atoms with van der Waals surface area (Å²) in [6.45, 7) is 2.39. The molecule has 1 aliphatic rings. The predicted molar refractivity (Wildman–Crippen MR) is 133 cm³/mol. The number of carbonyl (C=O) groups excluding carboxylic acids is 1. The van der Waals surface area contributed by atoms with E-state index in [2.05, 4.69) is 54.4 Å². The molecule has 0 aliphatic carbocycles. The van der Waals surface area contributed by atoms with Gasteiger partial charge >= 0.3 is 0 Å². The zero-order valence-corrected chi connectivity index (χ0v) is 19.8. The molecule has 1 saturated heterocycles. The number of anilines is 1. The SMILES string of the molecule is O=C1CCCN1CCCNc1[nH]c(=S)n(-c2ccc3nc[nH]c3c2)c1-c1ccc(Br)cc1. The second-order valence-electron chi connectivity index (χ2n) is 7.86. The van der Waals surface area contributed by atoms with Crippen molar-refractivity contribution in [3.63, 3.8) is 0 Å². The summed E-state index contributed by atoms with van der Waals surface area (Å²) in [4.78, 5) is 24.6. The molecule has 0 bridgehead atoms. The summed E-state index contributed by atoms with van der Waals surface area (Å²) in [6, 6.07) is 14.3. The third-order valence-corrected chi connectivity index (χ3v) is 6.57. The van der Waals surface area contributed by atoms with Crippen LogP contribution in [-0.4, -0.2) is 50.0 Å². The van der Waals surface area contributed by atoms with Crippen LogP contribution < -0.4 is 5.32 Å². The van der Waals surface area contributed by atoms with Gasteiger partial charge in [0.25, 0.3) is 0 Å². The molecule has 5 rings (SSSR count). The van der Waals surface area contributed by atoms with E-state index in [1.165, 1.54) is 0 Å². The number of amides is 1. The highest BCUT2D eigenvalue weighted by Gasteiger charge is 2.20. The molecule has 0 unspecified atom stereocenters. The number of likely N-dealkylation sites (tertiary alicyclic amines) is 1. The van der Waals surface area contributed by atoms with Crippen molar-refractivity contribution in [1.29, 1.82) is 0 Å². The number of nitrogens with zero attached hydrogens (tertiary/aromatic N) is 3. The van der Waals surface area contributed by atoms with E-state index >= 15 is 0 Å². The molecular weight excluding hydrogens is 488 g/mol. The zero-order valence-electron chi connectivity index (χ0n) is 17.4. The molecule has 9 heteroatoms. The minimum atomic E-state index is 0.264. The zero-order chi connectivity index (χ0) is 22.1. The summed E-state index contributed by atoms with van der Waals surface area (Å²) < 4.78 is 3.68. The summed E-state index contributed by atoms with van der Waals surface area (Å²) in [6.07, 6.45) is 4.21. The van der Waals surface area contributed by atoms with E-state index in [1.807, 2.05) is 33.7 Å². The van der Waals surface area contributed by atoms with Crippen molar-refractivity contribution in [1.82, 2.24) is 24.4 Å². The molecule has 7 nitrogen and oxygen atoms in total. The summed E-state index contributed by atoms with van der Waals surface area (Å²) in [7, 11) is 0. The van der Waals surface area contributed by atoms with Crippen LogP contribution in [0.4, 0.5) is 5.82 Å². The smallest absolute Gasteiger partial charge is 0.222 e. The normalized spacial score (nSPS) is 13.9. The van der Waals surface area contributed by atoms with Gasteiger partial charge in [-0.2, -0.15) is 0 Å². The molecule has 1 aliphatic heterocycles. The monoisotopic (exact) mass is 510 g/mol. The molecule has 0 saturated carbocycles. The maximum absolute atomic E-state index is 11.9. The Morgan fingerprint density at radius 1 is 1.19 bits per heavy atom. The van der Waals surface area contributed by atoms with Crippen molar-refractivity contribution in [3.8, 4) is 16.9 Å². The number of nitrogens with one attached hydrogen (secondary N) is 3. The van der Waals surface area contributed by atoms with Crippen LogP contribution in [0.15, 0.2) is 53.3 Å². The van der Waals surface area contributed by atoms with Gasteiger partial charge in [-0.3, -0.25) is 9.36 Å². The van der Waals surface area contributed by atoms with Crippen molar-refractivity contribution < 1.29 is 4.79 Å². The topological polar surface area (TPSA) is 81.7 Å². The van der Waals surface area contributed by atoms with Crippen LogP contribution >= 0.6 is 28.1 Å². The number of aromatic amines is 2. The lowest BCUT2D eigenvalue weighted by molar-refractivity contribution is -0.127. The van der Waals surface area contributed by atoms with Crippen LogP contribution in [0.1, 0.15) is 19.3 Å². The molecule has 3 N–H and O–H groups in total. The van der Waals surface area contributed by atoms with Crippen LogP contribution in [0.2, 0.25) is 0 Å². The summed E-state index contributed by atoms with van der Waals surface area (Å²) in [5.74, 6) is 1.13. The van der Waals surface area contributed by atoms with E-state index in [-0.39, 0.29) is 5.91 Å². The Labute approximate surface area is 199 Å². The number of hydrogen-bond acceptors (Lipinski definition) is 4. The van der Waals surface area contributed by atoms with E-state index in [9.17, 15) is 4.79 Å². The molecule has 4 aromatic rings. The summed E-state index contributed by atoms with van der Waals surface area (Å²) >= 11 is 9.25. The minimum Gasteiger partial charge on any atom is -0.370 e. The molecule has 1 amide bonds. The Kier molecular flexibility index (Phi) is 5.84. The number of carbonyl (C=O) groups is 1. The first-order valence-electron chi connectivity index (χ1n) is 10.7. The summed E-state index contributed by atoms with van der Waals surface area (Å²) in [5, 5.41) is 3.52. The molecule has 3 heterocycles. The van der Waals surface area contributed by atoms with Crippen molar-refractivity contribution in [2.24, 2.45) is 0 Å². The predicted octanol–water partition coefficient (Wildman–Crippen LogP) is 5.27. The van der Waals surface area contributed by atoms with Crippen LogP contribution in [0.25, 0.3) is 28.0 Å². The number of hydrogen-bond donors (Lipinski definition) is 3. The van der Waals surface area contributed by atoms with Gasteiger partial charge in [0.2, 0.25) is 5.91 Å².